The molecule has 1 heterocycles. The summed E-state index contributed by atoms with van der Waals surface area (Å²) in [6.07, 6.45) is 7.43. The van der Waals surface area contributed by atoms with Gasteiger partial charge in [0.25, 0.3) is 0 Å². The largest absolute Gasteiger partial charge is 0.493 e. The molecule has 1 fully saturated rings. The Balaban J connectivity index is 1.58. The fraction of sp³-hybridized carbons (Fsp3) is 0.353. The van der Waals surface area contributed by atoms with E-state index in [4.69, 9.17) is 14.2 Å². The van der Waals surface area contributed by atoms with Crippen molar-refractivity contribution in [2.75, 3.05) is 26.2 Å². The second-order valence-electron chi connectivity index (χ2n) is 10.8. The molecule has 9 heteroatoms. The third-order valence-corrected chi connectivity index (χ3v) is 8.12. The van der Waals surface area contributed by atoms with E-state index in [1.54, 1.807) is 12.1 Å². The van der Waals surface area contributed by atoms with Crippen LogP contribution in [0.25, 0.3) is 10.9 Å². The number of nitrogens with one attached hydrogen (secondary N) is 2. The van der Waals surface area contributed by atoms with Crippen LogP contribution in [0.15, 0.2) is 66.9 Å². The van der Waals surface area contributed by atoms with Gasteiger partial charge in [0, 0.05) is 35.2 Å². The molecule has 3 aromatic carbocycles. The van der Waals surface area contributed by atoms with Gasteiger partial charge >= 0.3 is 0 Å². The number of nitrogens with zero attached hydrogens (tertiary/aromatic N) is 1. The number of aromatic nitrogens is 1. The highest BCUT2D eigenvalue weighted by Gasteiger charge is 2.35. The summed E-state index contributed by atoms with van der Waals surface area (Å²) in [7, 11) is 4.51. The summed E-state index contributed by atoms with van der Waals surface area (Å²) in [5.41, 5.74) is 2.87. The topological polar surface area (TPSA) is 92.9 Å². The number of amides is 2. The number of H-pyrrole nitrogens is 1. The lowest BCUT2D eigenvalue weighted by atomic mass is 9.94. The monoisotopic (exact) mass is 587 g/mol. The minimum Gasteiger partial charge on any atom is -0.493 e. The van der Waals surface area contributed by atoms with E-state index in [1.165, 1.54) is 50.5 Å². The number of aromatic amines is 1. The molecule has 1 aromatic heterocycles. The van der Waals surface area contributed by atoms with Crippen LogP contribution in [-0.2, 0) is 16.0 Å². The molecular weight excluding hydrogens is 549 g/mol. The van der Waals surface area contributed by atoms with Crippen molar-refractivity contribution in [3.8, 4) is 17.2 Å². The van der Waals surface area contributed by atoms with Crippen LogP contribution in [0.3, 0.4) is 0 Å². The van der Waals surface area contributed by atoms with E-state index in [-0.39, 0.29) is 24.3 Å². The van der Waals surface area contributed by atoms with Gasteiger partial charge in [-0.05, 0) is 72.9 Å². The van der Waals surface area contributed by atoms with Gasteiger partial charge in [0.2, 0.25) is 17.6 Å². The van der Waals surface area contributed by atoms with Gasteiger partial charge in [-0.25, -0.2) is 4.39 Å². The average Bonchev–Trinajstić information content (AvgIpc) is 3.45. The Morgan fingerprint density at radius 1 is 0.953 bits per heavy atom. The first kappa shape index (κ1) is 29.9. The highest BCUT2D eigenvalue weighted by Crippen LogP contribution is 2.42. The van der Waals surface area contributed by atoms with E-state index in [9.17, 15) is 14.0 Å². The van der Waals surface area contributed by atoms with Crippen LogP contribution in [-0.4, -0.2) is 44.2 Å². The molecule has 1 saturated carbocycles. The quantitative estimate of drug-likeness (QED) is 0.209. The van der Waals surface area contributed by atoms with Crippen molar-refractivity contribution in [3.63, 3.8) is 0 Å². The Labute approximate surface area is 251 Å². The van der Waals surface area contributed by atoms with E-state index < -0.39 is 11.9 Å². The lowest BCUT2D eigenvalue weighted by Gasteiger charge is -2.34. The number of carbonyl (C=O) groups excluding carboxylic acids is 2. The van der Waals surface area contributed by atoms with Crippen molar-refractivity contribution in [2.45, 2.75) is 57.0 Å². The molecule has 2 amide bonds. The van der Waals surface area contributed by atoms with Crippen molar-refractivity contribution in [2.24, 2.45) is 0 Å². The maximum Gasteiger partial charge on any atom is 0.248 e. The first-order valence-corrected chi connectivity index (χ1v) is 14.7. The number of rotatable bonds is 11. The highest BCUT2D eigenvalue weighted by atomic mass is 19.1. The summed E-state index contributed by atoms with van der Waals surface area (Å²) in [6.45, 7) is 0. The van der Waals surface area contributed by atoms with E-state index in [0.717, 1.165) is 48.6 Å². The van der Waals surface area contributed by atoms with E-state index in [1.807, 2.05) is 30.5 Å². The van der Waals surface area contributed by atoms with Crippen LogP contribution in [0.2, 0.25) is 0 Å². The minimum absolute atomic E-state index is 0.00202. The van der Waals surface area contributed by atoms with Crippen LogP contribution in [0.5, 0.6) is 17.2 Å². The second kappa shape index (κ2) is 13.6. The zero-order chi connectivity index (χ0) is 30.3. The summed E-state index contributed by atoms with van der Waals surface area (Å²) in [5, 5.41) is 4.25. The van der Waals surface area contributed by atoms with Crippen molar-refractivity contribution in [3.05, 3.63) is 83.8 Å². The first-order chi connectivity index (χ1) is 20.9. The lowest BCUT2D eigenvalue weighted by molar-refractivity contribution is -0.127. The van der Waals surface area contributed by atoms with Crippen molar-refractivity contribution < 1.29 is 28.2 Å². The Kier molecular flexibility index (Phi) is 9.49. The van der Waals surface area contributed by atoms with E-state index in [2.05, 4.69) is 10.3 Å². The third kappa shape index (κ3) is 6.61. The molecule has 0 bridgehead atoms. The second-order valence-corrected chi connectivity index (χ2v) is 10.8. The molecule has 2 N–H and O–H groups in total. The van der Waals surface area contributed by atoms with Gasteiger partial charge in [-0.2, -0.15) is 0 Å². The number of carbonyl (C=O) groups is 2. The number of anilines is 1. The van der Waals surface area contributed by atoms with Gasteiger partial charge in [-0.15, -0.1) is 0 Å². The molecule has 0 spiro atoms. The Morgan fingerprint density at radius 3 is 2.28 bits per heavy atom. The predicted molar refractivity (Wildman–Crippen MR) is 164 cm³/mol. The number of fused-ring (bicyclic) bond motifs is 1. The fourth-order valence-corrected chi connectivity index (χ4v) is 5.94. The molecule has 0 saturated heterocycles. The Bertz CT molecular complexity index is 1540. The standard InChI is InChI=1S/C34H38FN3O5/c1-41-29-19-23(20-30(42-2)33(29)43-3)32(34(40)37-25-9-5-4-6-10-25)38(26-16-14-24(35)15-17-26)31(39)18-13-22-21-36-28-12-8-7-11-27(22)28/h7-8,11-12,14-17,19-21,25,32,36H,4-6,9-10,13,18H2,1-3H3,(H,37,40)/t32-/m0/s1. The third-order valence-electron chi connectivity index (χ3n) is 8.12. The van der Waals surface area contributed by atoms with Crippen molar-refractivity contribution in [1.82, 2.24) is 10.3 Å². The summed E-state index contributed by atoms with van der Waals surface area (Å²) >= 11 is 0. The minimum atomic E-state index is -1.09. The van der Waals surface area contributed by atoms with Crippen molar-refractivity contribution >= 4 is 28.4 Å². The van der Waals surface area contributed by atoms with Gasteiger partial charge in [-0.1, -0.05) is 37.5 Å². The maximum absolute atomic E-state index is 14.3. The number of halogens is 1. The number of aryl methyl sites for hydroxylation is 1. The number of para-hydroxylation sites is 1. The average molecular weight is 588 g/mol. The molecule has 1 atom stereocenters. The SMILES string of the molecule is COc1cc([C@@H](C(=O)NC2CCCCC2)N(C(=O)CCc2c[nH]c3ccccc23)c2ccc(F)cc2)cc(OC)c1OC. The Morgan fingerprint density at radius 2 is 1.63 bits per heavy atom. The molecule has 226 valence electrons. The smallest absolute Gasteiger partial charge is 0.248 e. The first-order valence-electron chi connectivity index (χ1n) is 14.7. The molecule has 8 nitrogen and oxygen atoms in total. The van der Waals surface area contributed by atoms with Gasteiger partial charge < -0.3 is 24.5 Å². The van der Waals surface area contributed by atoms with E-state index >= 15 is 0 Å². The van der Waals surface area contributed by atoms with Crippen LogP contribution >= 0.6 is 0 Å². The van der Waals surface area contributed by atoms with Crippen LogP contribution in [0, 0.1) is 5.82 Å². The molecule has 0 aliphatic heterocycles. The predicted octanol–water partition coefficient (Wildman–Crippen LogP) is 6.49. The molecule has 5 rings (SSSR count). The molecule has 1 aliphatic rings. The van der Waals surface area contributed by atoms with Crippen LogP contribution < -0.4 is 24.4 Å². The zero-order valence-electron chi connectivity index (χ0n) is 24.8. The molecule has 1 aliphatic carbocycles. The molecule has 4 aromatic rings. The van der Waals surface area contributed by atoms with Gasteiger partial charge in [0.15, 0.2) is 11.5 Å². The molecule has 43 heavy (non-hydrogen) atoms. The molecule has 0 unspecified atom stereocenters. The molecular formula is C34H38FN3O5. The fourth-order valence-electron chi connectivity index (χ4n) is 5.94. The highest BCUT2D eigenvalue weighted by molar-refractivity contribution is 6.02. The van der Waals surface area contributed by atoms with Gasteiger partial charge in [0.05, 0.1) is 21.3 Å². The number of hydrogen-bond donors (Lipinski definition) is 2. The summed E-state index contributed by atoms with van der Waals surface area (Å²) in [5.74, 6) is 0.0423. The number of benzene rings is 3. The Hall–Kier alpha value is -4.53. The van der Waals surface area contributed by atoms with E-state index in [0.29, 0.717) is 34.9 Å². The van der Waals surface area contributed by atoms with Crippen LogP contribution in [0.1, 0.15) is 55.7 Å². The lowest BCUT2D eigenvalue weighted by Crippen LogP contribution is -2.47. The number of ether oxygens (including phenoxy) is 3. The van der Waals surface area contributed by atoms with Crippen molar-refractivity contribution in [1.29, 1.82) is 0 Å². The summed E-state index contributed by atoms with van der Waals surface area (Å²) in [6, 6.07) is 15.8. The zero-order valence-corrected chi connectivity index (χ0v) is 24.8. The molecule has 0 radical (unpaired) electrons. The summed E-state index contributed by atoms with van der Waals surface area (Å²) < 4.78 is 30.8. The van der Waals surface area contributed by atoms with Crippen LogP contribution in [0.4, 0.5) is 10.1 Å². The number of methoxy groups -OCH3 is 3. The maximum atomic E-state index is 14.3. The van der Waals surface area contributed by atoms with Gasteiger partial charge in [-0.3, -0.25) is 14.5 Å². The van der Waals surface area contributed by atoms with Gasteiger partial charge in [0.1, 0.15) is 11.9 Å². The summed E-state index contributed by atoms with van der Waals surface area (Å²) in [4.78, 5) is 33.2. The normalized spacial score (nSPS) is 14.2. The number of hydrogen-bond acceptors (Lipinski definition) is 5.